The van der Waals surface area contributed by atoms with Gasteiger partial charge in [0.1, 0.15) is 6.04 Å². The summed E-state index contributed by atoms with van der Waals surface area (Å²) in [6, 6.07) is -0.807. The van der Waals surface area contributed by atoms with Crippen molar-refractivity contribution in [1.82, 2.24) is 9.80 Å². The second-order valence-corrected chi connectivity index (χ2v) is 5.00. The molecule has 2 unspecified atom stereocenters. The molecule has 2 amide bonds. The first kappa shape index (κ1) is 14.5. The van der Waals surface area contributed by atoms with Crippen LogP contribution in [0.15, 0.2) is 0 Å². The van der Waals surface area contributed by atoms with Gasteiger partial charge in [-0.2, -0.15) is 0 Å². The van der Waals surface area contributed by atoms with Gasteiger partial charge < -0.3 is 14.9 Å². The van der Waals surface area contributed by atoms with Crippen LogP contribution in [0.4, 0.5) is 0 Å². The van der Waals surface area contributed by atoms with E-state index in [1.807, 2.05) is 13.8 Å². The molecule has 0 saturated carbocycles. The van der Waals surface area contributed by atoms with Crippen molar-refractivity contribution in [3.05, 3.63) is 0 Å². The molecular weight excluding hydrogens is 236 g/mol. The summed E-state index contributed by atoms with van der Waals surface area (Å²) in [4.78, 5) is 37.5. The number of likely N-dealkylation sites (tertiary alicyclic amines) is 1. The standard InChI is InChI=1S/C12H20N2O4/c1-7(2)14-6-9(5-10(14)15)11(16)13(4)8(3)12(17)18/h7-9H,5-6H2,1-4H3,(H,17,18). The van der Waals surface area contributed by atoms with E-state index in [1.54, 1.807) is 4.90 Å². The van der Waals surface area contributed by atoms with Crippen molar-refractivity contribution in [2.24, 2.45) is 5.92 Å². The van der Waals surface area contributed by atoms with Crippen LogP contribution in [-0.2, 0) is 14.4 Å². The summed E-state index contributed by atoms with van der Waals surface area (Å²) < 4.78 is 0. The normalized spacial score (nSPS) is 21.3. The van der Waals surface area contributed by atoms with Crippen LogP contribution >= 0.6 is 0 Å². The van der Waals surface area contributed by atoms with Gasteiger partial charge in [0.25, 0.3) is 0 Å². The number of carbonyl (C=O) groups is 3. The van der Waals surface area contributed by atoms with E-state index in [2.05, 4.69) is 0 Å². The Labute approximate surface area is 107 Å². The first-order chi connectivity index (χ1) is 8.25. The summed E-state index contributed by atoms with van der Waals surface area (Å²) >= 11 is 0. The maximum atomic E-state index is 12.1. The molecule has 102 valence electrons. The number of carbonyl (C=O) groups excluding carboxylic acids is 2. The highest BCUT2D eigenvalue weighted by Crippen LogP contribution is 2.22. The molecule has 1 fully saturated rings. The van der Waals surface area contributed by atoms with Gasteiger partial charge in [-0.05, 0) is 20.8 Å². The fourth-order valence-electron chi connectivity index (χ4n) is 2.04. The maximum Gasteiger partial charge on any atom is 0.326 e. The molecule has 1 aliphatic heterocycles. The average Bonchev–Trinajstić information content (AvgIpc) is 2.68. The number of hydrogen-bond donors (Lipinski definition) is 1. The zero-order valence-corrected chi connectivity index (χ0v) is 11.2. The predicted octanol–water partition coefficient (Wildman–Crippen LogP) is 0.175. The van der Waals surface area contributed by atoms with Gasteiger partial charge in [-0.3, -0.25) is 9.59 Å². The Balaban J connectivity index is 2.70. The first-order valence-corrected chi connectivity index (χ1v) is 6.04. The minimum absolute atomic E-state index is 0.0419. The summed E-state index contributed by atoms with van der Waals surface area (Å²) in [5.41, 5.74) is 0. The Morgan fingerprint density at radius 1 is 1.39 bits per heavy atom. The Kier molecular flexibility index (Phi) is 4.32. The summed E-state index contributed by atoms with van der Waals surface area (Å²) in [6.07, 6.45) is 0.174. The maximum absolute atomic E-state index is 12.1. The second-order valence-electron chi connectivity index (χ2n) is 5.00. The Hall–Kier alpha value is -1.59. The molecule has 0 aromatic carbocycles. The third-order valence-electron chi connectivity index (χ3n) is 3.42. The van der Waals surface area contributed by atoms with Crippen LogP contribution in [0, 0.1) is 5.92 Å². The van der Waals surface area contributed by atoms with Gasteiger partial charge in [0.05, 0.1) is 5.92 Å². The molecule has 2 atom stereocenters. The van der Waals surface area contributed by atoms with E-state index in [-0.39, 0.29) is 24.3 Å². The lowest BCUT2D eigenvalue weighted by atomic mass is 10.1. The molecule has 6 nitrogen and oxygen atoms in total. The second kappa shape index (κ2) is 5.37. The van der Waals surface area contributed by atoms with Crippen molar-refractivity contribution in [3.63, 3.8) is 0 Å². The van der Waals surface area contributed by atoms with Crippen molar-refractivity contribution < 1.29 is 19.5 Å². The Morgan fingerprint density at radius 2 is 1.94 bits per heavy atom. The number of hydrogen-bond acceptors (Lipinski definition) is 3. The van der Waals surface area contributed by atoms with Crippen molar-refractivity contribution in [1.29, 1.82) is 0 Å². The molecule has 1 rings (SSSR count). The molecule has 0 spiro atoms. The molecule has 0 aliphatic carbocycles. The van der Waals surface area contributed by atoms with Crippen LogP contribution < -0.4 is 0 Å². The predicted molar refractivity (Wildman–Crippen MR) is 64.8 cm³/mol. The fourth-order valence-corrected chi connectivity index (χ4v) is 2.04. The van der Waals surface area contributed by atoms with Gasteiger partial charge in [-0.15, -0.1) is 0 Å². The lowest BCUT2D eigenvalue weighted by Gasteiger charge is -2.25. The van der Waals surface area contributed by atoms with Crippen molar-refractivity contribution >= 4 is 17.8 Å². The van der Waals surface area contributed by atoms with Gasteiger partial charge in [-0.25, -0.2) is 4.79 Å². The van der Waals surface area contributed by atoms with E-state index in [0.29, 0.717) is 6.54 Å². The molecule has 6 heteroatoms. The van der Waals surface area contributed by atoms with Gasteiger partial charge in [0.2, 0.25) is 11.8 Å². The SMILES string of the molecule is CC(C(=O)O)N(C)C(=O)C1CC(=O)N(C(C)C)C1. The lowest BCUT2D eigenvalue weighted by molar-refractivity contribution is -0.149. The number of nitrogens with zero attached hydrogens (tertiary/aromatic N) is 2. The van der Waals surface area contributed by atoms with Crippen LogP contribution in [0.2, 0.25) is 0 Å². The minimum atomic E-state index is -1.05. The molecular formula is C12H20N2O4. The molecule has 1 saturated heterocycles. The van der Waals surface area contributed by atoms with Crippen LogP contribution in [0.3, 0.4) is 0 Å². The number of aliphatic carboxylic acids is 1. The number of carboxylic acid groups (broad SMARTS) is 1. The molecule has 0 radical (unpaired) electrons. The fraction of sp³-hybridized carbons (Fsp3) is 0.750. The largest absolute Gasteiger partial charge is 0.480 e. The van der Waals surface area contributed by atoms with Gasteiger partial charge in [-0.1, -0.05) is 0 Å². The van der Waals surface area contributed by atoms with Crippen LogP contribution in [-0.4, -0.2) is 58.4 Å². The summed E-state index contributed by atoms with van der Waals surface area (Å²) in [7, 11) is 1.46. The third-order valence-corrected chi connectivity index (χ3v) is 3.42. The summed E-state index contributed by atoms with van der Waals surface area (Å²) in [6.45, 7) is 5.63. The monoisotopic (exact) mass is 256 g/mol. The molecule has 0 aromatic rings. The van der Waals surface area contributed by atoms with E-state index in [0.717, 1.165) is 0 Å². The van der Waals surface area contributed by atoms with Crippen molar-refractivity contribution in [2.75, 3.05) is 13.6 Å². The number of likely N-dealkylation sites (N-methyl/N-ethyl adjacent to an activating group) is 1. The van der Waals surface area contributed by atoms with E-state index in [9.17, 15) is 14.4 Å². The van der Waals surface area contributed by atoms with Gasteiger partial charge in [0, 0.05) is 26.1 Å². The minimum Gasteiger partial charge on any atom is -0.480 e. The van der Waals surface area contributed by atoms with E-state index < -0.39 is 17.9 Å². The third kappa shape index (κ3) is 2.80. The smallest absolute Gasteiger partial charge is 0.326 e. The molecule has 1 aliphatic rings. The van der Waals surface area contributed by atoms with Crippen LogP contribution in [0.5, 0.6) is 0 Å². The van der Waals surface area contributed by atoms with Gasteiger partial charge in [0.15, 0.2) is 0 Å². The molecule has 0 bridgehead atoms. The quantitative estimate of drug-likeness (QED) is 0.778. The first-order valence-electron chi connectivity index (χ1n) is 6.04. The van der Waals surface area contributed by atoms with Crippen molar-refractivity contribution in [3.8, 4) is 0 Å². The van der Waals surface area contributed by atoms with E-state index in [1.165, 1.54) is 18.9 Å². The zero-order chi connectivity index (χ0) is 14.0. The van der Waals surface area contributed by atoms with Gasteiger partial charge >= 0.3 is 5.97 Å². The number of carboxylic acids is 1. The molecule has 1 N–H and O–H groups in total. The summed E-state index contributed by atoms with van der Waals surface area (Å²) in [5, 5.41) is 8.87. The molecule has 1 heterocycles. The average molecular weight is 256 g/mol. The van der Waals surface area contributed by atoms with E-state index in [4.69, 9.17) is 5.11 Å². The Bertz CT molecular complexity index is 367. The topological polar surface area (TPSA) is 77.9 Å². The number of amides is 2. The lowest BCUT2D eigenvalue weighted by Crippen LogP contribution is -2.44. The number of rotatable bonds is 4. The van der Waals surface area contributed by atoms with Crippen LogP contribution in [0.25, 0.3) is 0 Å². The molecule has 18 heavy (non-hydrogen) atoms. The highest BCUT2D eigenvalue weighted by atomic mass is 16.4. The molecule has 0 aromatic heterocycles. The summed E-state index contributed by atoms with van der Waals surface area (Å²) in [5.74, 6) is -1.79. The van der Waals surface area contributed by atoms with Crippen molar-refractivity contribution in [2.45, 2.75) is 39.3 Å². The highest BCUT2D eigenvalue weighted by Gasteiger charge is 2.38. The Morgan fingerprint density at radius 3 is 2.33 bits per heavy atom. The van der Waals surface area contributed by atoms with E-state index >= 15 is 0 Å². The highest BCUT2D eigenvalue weighted by molar-refractivity contribution is 5.91. The zero-order valence-electron chi connectivity index (χ0n) is 11.2. The van der Waals surface area contributed by atoms with Crippen LogP contribution in [0.1, 0.15) is 27.2 Å².